The molecule has 0 saturated carbocycles. The van der Waals surface area contributed by atoms with E-state index in [4.69, 9.17) is 16.9 Å². The second-order valence-corrected chi connectivity index (χ2v) is 5.82. The molecule has 1 aromatic heterocycles. The summed E-state index contributed by atoms with van der Waals surface area (Å²) in [6.45, 7) is 0.361. The van der Waals surface area contributed by atoms with Crippen LogP contribution in [-0.2, 0) is 6.54 Å². The van der Waals surface area contributed by atoms with Gasteiger partial charge >= 0.3 is 0 Å². The number of para-hydroxylation sites is 1. The smallest absolute Gasteiger partial charge is 0.270 e. The minimum atomic E-state index is -0.320. The largest absolute Gasteiger partial charge is 0.347 e. The molecule has 0 bridgehead atoms. The first-order chi connectivity index (χ1) is 12.7. The van der Waals surface area contributed by atoms with Gasteiger partial charge < -0.3 is 10.6 Å². The van der Waals surface area contributed by atoms with Crippen molar-refractivity contribution in [1.29, 1.82) is 5.26 Å². The number of halogens is 1. The molecule has 0 aliphatic rings. The second kappa shape index (κ2) is 8.10. The van der Waals surface area contributed by atoms with Crippen molar-refractivity contribution < 1.29 is 4.79 Å². The number of hydrogen-bond donors (Lipinski definition) is 2. The van der Waals surface area contributed by atoms with Gasteiger partial charge in [-0.3, -0.25) is 4.79 Å². The molecule has 0 saturated heterocycles. The van der Waals surface area contributed by atoms with E-state index in [2.05, 4.69) is 26.7 Å². The van der Waals surface area contributed by atoms with Crippen molar-refractivity contribution in [3.05, 3.63) is 82.8 Å². The first kappa shape index (κ1) is 17.4. The maximum Gasteiger partial charge on any atom is 0.270 e. The van der Waals surface area contributed by atoms with Gasteiger partial charge in [0.25, 0.3) is 5.91 Å². The Morgan fingerprint density at radius 3 is 2.65 bits per heavy atom. The Kier molecular flexibility index (Phi) is 5.42. The number of anilines is 2. The molecule has 6 nitrogen and oxygen atoms in total. The van der Waals surface area contributed by atoms with Gasteiger partial charge in [-0.2, -0.15) is 5.26 Å². The second-order valence-electron chi connectivity index (χ2n) is 5.38. The molecule has 0 unspecified atom stereocenters. The van der Waals surface area contributed by atoms with E-state index in [1.54, 1.807) is 30.3 Å². The highest BCUT2D eigenvalue weighted by atomic mass is 35.5. The van der Waals surface area contributed by atoms with Crippen LogP contribution in [0.4, 0.5) is 11.5 Å². The maximum atomic E-state index is 12.3. The molecule has 2 N–H and O–H groups in total. The molecule has 128 valence electrons. The van der Waals surface area contributed by atoms with Gasteiger partial charge in [-0.05, 0) is 29.8 Å². The molecule has 0 aliphatic heterocycles. The Morgan fingerprint density at radius 2 is 1.88 bits per heavy atom. The first-order valence-electron chi connectivity index (χ1n) is 7.76. The molecule has 3 rings (SSSR count). The predicted octanol–water partition coefficient (Wildman–Crippen LogP) is 3.68. The highest BCUT2D eigenvalue weighted by Crippen LogP contribution is 2.18. The summed E-state index contributed by atoms with van der Waals surface area (Å²) < 4.78 is 0. The van der Waals surface area contributed by atoms with Gasteiger partial charge in [-0.25, -0.2) is 9.97 Å². The van der Waals surface area contributed by atoms with Crippen molar-refractivity contribution in [1.82, 2.24) is 15.3 Å². The standard InChI is InChI=1S/C19H14ClN5O/c20-15-7-5-13(6-8-15)11-22-19(26)17-9-18(24-12-23-17)25-16-4-2-1-3-14(16)10-21/h1-9,12H,11H2,(H,22,26)(H,23,24,25). The highest BCUT2D eigenvalue weighted by Gasteiger charge is 2.10. The van der Waals surface area contributed by atoms with Gasteiger partial charge in [-0.1, -0.05) is 35.9 Å². The Hall–Kier alpha value is -3.43. The van der Waals surface area contributed by atoms with Gasteiger partial charge in [-0.15, -0.1) is 0 Å². The number of hydrogen-bond acceptors (Lipinski definition) is 5. The lowest BCUT2D eigenvalue weighted by Crippen LogP contribution is -2.24. The van der Waals surface area contributed by atoms with Gasteiger partial charge in [0.2, 0.25) is 0 Å². The van der Waals surface area contributed by atoms with Crippen LogP contribution in [0.15, 0.2) is 60.9 Å². The normalized spacial score (nSPS) is 10.0. The lowest BCUT2D eigenvalue weighted by Gasteiger charge is -2.09. The number of amides is 1. The molecule has 0 spiro atoms. The fraction of sp³-hybridized carbons (Fsp3) is 0.0526. The summed E-state index contributed by atoms with van der Waals surface area (Å²) in [4.78, 5) is 20.4. The molecule has 7 heteroatoms. The molecular weight excluding hydrogens is 350 g/mol. The number of nitriles is 1. The van der Waals surface area contributed by atoms with Crippen LogP contribution in [0.25, 0.3) is 0 Å². The van der Waals surface area contributed by atoms with Crippen molar-refractivity contribution in [3.8, 4) is 6.07 Å². The van der Waals surface area contributed by atoms with Gasteiger partial charge in [0.05, 0.1) is 11.3 Å². The van der Waals surface area contributed by atoms with E-state index < -0.39 is 0 Å². The van der Waals surface area contributed by atoms with Crippen molar-refractivity contribution in [2.24, 2.45) is 0 Å². The van der Waals surface area contributed by atoms with Crippen molar-refractivity contribution in [3.63, 3.8) is 0 Å². The van der Waals surface area contributed by atoms with Crippen LogP contribution in [0.1, 0.15) is 21.6 Å². The van der Waals surface area contributed by atoms with Crippen LogP contribution in [0.3, 0.4) is 0 Å². The lowest BCUT2D eigenvalue weighted by atomic mass is 10.2. The minimum absolute atomic E-state index is 0.228. The fourth-order valence-electron chi connectivity index (χ4n) is 2.25. The average Bonchev–Trinajstić information content (AvgIpc) is 2.68. The van der Waals surface area contributed by atoms with E-state index in [1.807, 2.05) is 18.2 Å². The minimum Gasteiger partial charge on any atom is -0.347 e. The number of carbonyl (C=O) groups excluding carboxylic acids is 1. The van der Waals surface area contributed by atoms with Gasteiger partial charge in [0.1, 0.15) is 23.9 Å². The van der Waals surface area contributed by atoms with Crippen LogP contribution < -0.4 is 10.6 Å². The third-order valence-electron chi connectivity index (χ3n) is 3.58. The Bertz CT molecular complexity index is 966. The summed E-state index contributed by atoms with van der Waals surface area (Å²) in [5.74, 6) is 0.110. The zero-order valence-corrected chi connectivity index (χ0v) is 14.4. The van der Waals surface area contributed by atoms with Crippen LogP contribution in [0.2, 0.25) is 5.02 Å². The van der Waals surface area contributed by atoms with E-state index in [0.29, 0.717) is 28.6 Å². The third kappa shape index (κ3) is 4.35. The molecule has 2 aromatic carbocycles. The topological polar surface area (TPSA) is 90.7 Å². The summed E-state index contributed by atoms with van der Waals surface area (Å²) in [5, 5.41) is 15.6. The SMILES string of the molecule is N#Cc1ccccc1Nc1cc(C(=O)NCc2ccc(Cl)cc2)ncn1. The molecule has 1 amide bonds. The van der Waals surface area contributed by atoms with E-state index in [9.17, 15) is 4.79 Å². The van der Waals surface area contributed by atoms with Crippen molar-refractivity contribution in [2.75, 3.05) is 5.32 Å². The molecule has 0 fully saturated rings. The summed E-state index contributed by atoms with van der Waals surface area (Å²) in [6.07, 6.45) is 1.30. The number of benzene rings is 2. The number of carbonyl (C=O) groups is 1. The first-order valence-corrected chi connectivity index (χ1v) is 8.14. The monoisotopic (exact) mass is 363 g/mol. The molecule has 3 aromatic rings. The Labute approximate surface area is 155 Å². The van der Waals surface area contributed by atoms with Crippen LogP contribution >= 0.6 is 11.6 Å². The molecule has 0 atom stereocenters. The fourth-order valence-corrected chi connectivity index (χ4v) is 2.38. The highest BCUT2D eigenvalue weighted by molar-refractivity contribution is 6.30. The summed E-state index contributed by atoms with van der Waals surface area (Å²) in [7, 11) is 0. The van der Waals surface area contributed by atoms with E-state index >= 15 is 0 Å². The van der Waals surface area contributed by atoms with E-state index in [0.717, 1.165) is 5.56 Å². The Balaban J connectivity index is 1.69. The van der Waals surface area contributed by atoms with Crippen molar-refractivity contribution in [2.45, 2.75) is 6.54 Å². The van der Waals surface area contributed by atoms with Crippen LogP contribution in [-0.4, -0.2) is 15.9 Å². The predicted molar refractivity (Wildman–Crippen MR) is 99.1 cm³/mol. The molecule has 0 radical (unpaired) electrons. The third-order valence-corrected chi connectivity index (χ3v) is 3.83. The molecule has 26 heavy (non-hydrogen) atoms. The van der Waals surface area contributed by atoms with Gasteiger partial charge in [0.15, 0.2) is 0 Å². The van der Waals surface area contributed by atoms with Crippen LogP contribution in [0, 0.1) is 11.3 Å². The van der Waals surface area contributed by atoms with Crippen LogP contribution in [0.5, 0.6) is 0 Å². The summed E-state index contributed by atoms with van der Waals surface area (Å²) >= 11 is 5.84. The van der Waals surface area contributed by atoms with Crippen molar-refractivity contribution >= 4 is 29.0 Å². The summed E-state index contributed by atoms with van der Waals surface area (Å²) in [5.41, 5.74) is 2.25. The van der Waals surface area contributed by atoms with E-state index in [-0.39, 0.29) is 11.6 Å². The maximum absolute atomic E-state index is 12.3. The van der Waals surface area contributed by atoms with Gasteiger partial charge in [0, 0.05) is 17.6 Å². The quantitative estimate of drug-likeness (QED) is 0.721. The number of rotatable bonds is 5. The summed E-state index contributed by atoms with van der Waals surface area (Å²) in [6, 6.07) is 17.9. The number of nitrogens with zero attached hydrogens (tertiary/aromatic N) is 3. The molecule has 0 aliphatic carbocycles. The zero-order valence-electron chi connectivity index (χ0n) is 13.6. The Morgan fingerprint density at radius 1 is 1.12 bits per heavy atom. The molecular formula is C19H14ClN5O. The lowest BCUT2D eigenvalue weighted by molar-refractivity contribution is 0.0946. The zero-order chi connectivity index (χ0) is 18.4. The molecule has 1 heterocycles. The number of aromatic nitrogens is 2. The van der Waals surface area contributed by atoms with E-state index in [1.165, 1.54) is 12.4 Å². The average molecular weight is 364 g/mol. The number of nitrogens with one attached hydrogen (secondary N) is 2.